The number of hydrogen-bond donors (Lipinski definition) is 1. The highest BCUT2D eigenvalue weighted by atomic mass is 35.5. The van der Waals surface area contributed by atoms with E-state index in [9.17, 15) is 18.0 Å². The molecule has 7 heteroatoms. The summed E-state index contributed by atoms with van der Waals surface area (Å²) in [6.45, 7) is 1.68. The van der Waals surface area contributed by atoms with E-state index >= 15 is 0 Å². The van der Waals surface area contributed by atoms with Crippen LogP contribution in [-0.2, 0) is 4.79 Å². The maximum Gasteiger partial charge on any atom is 0.391 e. The summed E-state index contributed by atoms with van der Waals surface area (Å²) in [7, 11) is 0. The van der Waals surface area contributed by atoms with Crippen LogP contribution < -0.4 is 5.32 Å². The molecule has 1 N–H and O–H groups in total. The number of halogens is 4. The van der Waals surface area contributed by atoms with Gasteiger partial charge in [0.25, 0.3) is 0 Å². The molecule has 0 saturated heterocycles. The number of alkyl halides is 3. The Morgan fingerprint density at radius 1 is 1.38 bits per heavy atom. The quantitative estimate of drug-likeness (QED) is 0.823. The van der Waals surface area contributed by atoms with Crippen molar-refractivity contribution in [2.75, 3.05) is 5.32 Å². The van der Waals surface area contributed by atoms with Crippen LogP contribution in [0.3, 0.4) is 0 Å². The summed E-state index contributed by atoms with van der Waals surface area (Å²) in [6, 6.07) is 3.14. The molecule has 0 aliphatic heterocycles. The number of aryl methyl sites for hydroxylation is 1. The van der Waals surface area contributed by atoms with E-state index < -0.39 is 18.0 Å². The molecule has 1 aliphatic rings. The van der Waals surface area contributed by atoms with Gasteiger partial charge in [0.15, 0.2) is 0 Å². The maximum atomic E-state index is 12.8. The van der Waals surface area contributed by atoms with Crippen LogP contribution in [0.5, 0.6) is 0 Å². The number of anilines is 1. The zero-order chi connectivity index (χ0) is 15.6. The second kappa shape index (κ2) is 6.22. The zero-order valence-corrected chi connectivity index (χ0v) is 12.3. The van der Waals surface area contributed by atoms with E-state index in [-0.39, 0.29) is 18.7 Å². The molecule has 2 atom stereocenters. The van der Waals surface area contributed by atoms with Gasteiger partial charge in [0, 0.05) is 5.92 Å². The van der Waals surface area contributed by atoms with Gasteiger partial charge in [0.05, 0.1) is 17.3 Å². The summed E-state index contributed by atoms with van der Waals surface area (Å²) in [6.07, 6.45) is -3.36. The van der Waals surface area contributed by atoms with Gasteiger partial charge in [-0.15, -0.1) is 0 Å². The predicted octanol–water partition coefficient (Wildman–Crippen LogP) is 4.35. The van der Waals surface area contributed by atoms with Gasteiger partial charge in [0.2, 0.25) is 5.91 Å². The third kappa shape index (κ3) is 4.09. The highest BCUT2D eigenvalue weighted by molar-refractivity contribution is 6.29. The molecule has 3 nitrogen and oxygen atoms in total. The van der Waals surface area contributed by atoms with Crippen molar-refractivity contribution in [3.8, 4) is 0 Å². The van der Waals surface area contributed by atoms with Crippen molar-refractivity contribution >= 4 is 23.2 Å². The van der Waals surface area contributed by atoms with Crippen molar-refractivity contribution in [2.45, 2.75) is 38.8 Å². The summed E-state index contributed by atoms with van der Waals surface area (Å²) in [5.74, 6) is -2.37. The van der Waals surface area contributed by atoms with E-state index in [0.29, 0.717) is 29.4 Å². The molecule has 0 spiro atoms. The normalized spacial score (nSPS) is 22.9. The topological polar surface area (TPSA) is 42.0 Å². The summed E-state index contributed by atoms with van der Waals surface area (Å²) in [5.41, 5.74) is 1.03. The van der Waals surface area contributed by atoms with Crippen molar-refractivity contribution in [2.24, 2.45) is 11.8 Å². The average molecular weight is 321 g/mol. The minimum absolute atomic E-state index is 0.106. The Morgan fingerprint density at radius 2 is 2.10 bits per heavy atom. The van der Waals surface area contributed by atoms with E-state index in [2.05, 4.69) is 10.3 Å². The average Bonchev–Trinajstić information content (AvgIpc) is 2.41. The lowest BCUT2D eigenvalue weighted by Gasteiger charge is -2.29. The smallest absolute Gasteiger partial charge is 0.324 e. The Bertz CT molecular complexity index is 533. The Morgan fingerprint density at radius 3 is 2.71 bits per heavy atom. The summed E-state index contributed by atoms with van der Waals surface area (Å²) < 4.78 is 38.3. The van der Waals surface area contributed by atoms with Crippen LogP contribution in [0, 0.1) is 18.8 Å². The van der Waals surface area contributed by atoms with Gasteiger partial charge in [-0.3, -0.25) is 4.79 Å². The van der Waals surface area contributed by atoms with Crippen molar-refractivity contribution in [3.63, 3.8) is 0 Å². The third-order valence-electron chi connectivity index (χ3n) is 3.82. The van der Waals surface area contributed by atoms with Gasteiger partial charge in [-0.1, -0.05) is 18.0 Å². The molecule has 0 bridgehead atoms. The fraction of sp³-hybridized carbons (Fsp3) is 0.571. The number of pyridine rings is 1. The molecule has 1 aromatic rings. The van der Waals surface area contributed by atoms with Gasteiger partial charge >= 0.3 is 6.18 Å². The minimum Gasteiger partial charge on any atom is -0.324 e. The molecular formula is C14H16ClF3N2O. The number of rotatable bonds is 2. The van der Waals surface area contributed by atoms with Gasteiger partial charge < -0.3 is 5.32 Å². The molecule has 1 aliphatic carbocycles. The molecule has 2 rings (SSSR count). The first kappa shape index (κ1) is 16.1. The monoisotopic (exact) mass is 320 g/mol. The first-order valence-electron chi connectivity index (χ1n) is 6.78. The maximum absolute atomic E-state index is 12.8. The first-order valence-corrected chi connectivity index (χ1v) is 7.16. The zero-order valence-electron chi connectivity index (χ0n) is 11.5. The highest BCUT2D eigenvalue weighted by Crippen LogP contribution is 2.40. The summed E-state index contributed by atoms with van der Waals surface area (Å²) in [4.78, 5) is 16.1. The number of nitrogens with zero attached hydrogens (tertiary/aromatic N) is 1. The number of carbonyl (C=O) groups is 1. The number of hydrogen-bond acceptors (Lipinski definition) is 2. The molecule has 1 heterocycles. The van der Waals surface area contributed by atoms with Crippen LogP contribution >= 0.6 is 11.6 Å². The van der Waals surface area contributed by atoms with Gasteiger partial charge in [0.1, 0.15) is 5.15 Å². The molecule has 1 aromatic heterocycles. The lowest BCUT2D eigenvalue weighted by Crippen LogP contribution is -2.34. The van der Waals surface area contributed by atoms with E-state index in [1.54, 1.807) is 13.0 Å². The Kier molecular flexibility index (Phi) is 4.76. The number of aromatic nitrogens is 1. The molecule has 2 unspecified atom stereocenters. The summed E-state index contributed by atoms with van der Waals surface area (Å²) in [5, 5.41) is 2.96. The van der Waals surface area contributed by atoms with Gasteiger partial charge in [-0.2, -0.15) is 13.2 Å². The van der Waals surface area contributed by atoms with E-state index in [1.165, 1.54) is 6.07 Å². The van der Waals surface area contributed by atoms with Crippen LogP contribution in [0.15, 0.2) is 12.1 Å². The summed E-state index contributed by atoms with van der Waals surface area (Å²) >= 11 is 5.72. The number of carbonyl (C=O) groups excluding carboxylic acids is 1. The van der Waals surface area contributed by atoms with E-state index in [1.807, 2.05) is 0 Å². The highest BCUT2D eigenvalue weighted by Gasteiger charge is 2.43. The molecular weight excluding hydrogens is 305 g/mol. The number of nitrogens with one attached hydrogen (secondary N) is 1. The minimum atomic E-state index is -4.23. The molecule has 21 heavy (non-hydrogen) atoms. The molecule has 1 saturated carbocycles. The second-order valence-electron chi connectivity index (χ2n) is 5.36. The lowest BCUT2D eigenvalue weighted by atomic mass is 9.80. The van der Waals surface area contributed by atoms with Gasteiger partial charge in [-0.05, 0) is 38.3 Å². The van der Waals surface area contributed by atoms with E-state index in [4.69, 9.17) is 11.6 Å². The molecule has 116 valence electrons. The predicted molar refractivity (Wildman–Crippen MR) is 74.1 cm³/mol. The van der Waals surface area contributed by atoms with Crippen LogP contribution in [0.1, 0.15) is 31.4 Å². The standard InChI is InChI=1S/C14H16ClF3N2O/c1-8-11(5-6-12(15)19-8)20-13(21)9-3-2-4-10(7-9)14(16,17)18/h5-6,9-10H,2-4,7H2,1H3,(H,20,21). The number of amides is 1. The second-order valence-corrected chi connectivity index (χ2v) is 5.75. The molecule has 1 fully saturated rings. The SMILES string of the molecule is Cc1nc(Cl)ccc1NC(=O)C1CCCC(C(F)(F)F)C1. The fourth-order valence-corrected chi connectivity index (χ4v) is 2.81. The van der Waals surface area contributed by atoms with Crippen molar-refractivity contribution in [1.82, 2.24) is 4.98 Å². The lowest BCUT2D eigenvalue weighted by molar-refractivity contribution is -0.185. The van der Waals surface area contributed by atoms with Crippen LogP contribution in [0.25, 0.3) is 0 Å². The van der Waals surface area contributed by atoms with Crippen LogP contribution in [0.4, 0.5) is 18.9 Å². The van der Waals surface area contributed by atoms with Crippen LogP contribution in [0.2, 0.25) is 5.15 Å². The Labute approximate surface area is 125 Å². The Balaban J connectivity index is 2.03. The van der Waals surface area contributed by atoms with Crippen molar-refractivity contribution < 1.29 is 18.0 Å². The largest absolute Gasteiger partial charge is 0.391 e. The first-order chi connectivity index (χ1) is 9.77. The Hall–Kier alpha value is -1.30. The molecule has 1 amide bonds. The molecule has 0 aromatic carbocycles. The third-order valence-corrected chi connectivity index (χ3v) is 4.03. The van der Waals surface area contributed by atoms with Crippen molar-refractivity contribution in [1.29, 1.82) is 0 Å². The van der Waals surface area contributed by atoms with E-state index in [0.717, 1.165) is 0 Å². The van der Waals surface area contributed by atoms with Crippen LogP contribution in [-0.4, -0.2) is 17.1 Å². The van der Waals surface area contributed by atoms with Gasteiger partial charge in [-0.25, -0.2) is 4.98 Å². The molecule has 0 radical (unpaired) electrons. The fourth-order valence-electron chi connectivity index (χ4n) is 2.62. The van der Waals surface area contributed by atoms with Crippen molar-refractivity contribution in [3.05, 3.63) is 23.0 Å².